The summed E-state index contributed by atoms with van der Waals surface area (Å²) < 4.78 is 29.8. The summed E-state index contributed by atoms with van der Waals surface area (Å²) in [5.74, 6) is -2.33. The topological polar surface area (TPSA) is 49.3 Å². The fourth-order valence-corrected chi connectivity index (χ4v) is 3.98. The Labute approximate surface area is 150 Å². The van der Waals surface area contributed by atoms with Gasteiger partial charge >= 0.3 is 0 Å². The van der Waals surface area contributed by atoms with E-state index < -0.39 is 11.3 Å². The molecule has 0 bridgehead atoms. The fraction of sp³-hybridized carbons (Fsp3) is 0.421. The van der Waals surface area contributed by atoms with Gasteiger partial charge in [-0.05, 0) is 30.7 Å². The molecule has 7 heteroatoms. The van der Waals surface area contributed by atoms with E-state index in [1.807, 2.05) is 17.0 Å². The van der Waals surface area contributed by atoms with E-state index in [2.05, 4.69) is 9.97 Å². The molecule has 0 aliphatic carbocycles. The molecule has 4 rings (SSSR count). The van der Waals surface area contributed by atoms with Gasteiger partial charge in [0.15, 0.2) is 0 Å². The summed E-state index contributed by atoms with van der Waals surface area (Å²) in [6.45, 7) is 0.832. The van der Waals surface area contributed by atoms with E-state index in [1.165, 1.54) is 6.20 Å². The predicted molar refractivity (Wildman–Crippen MR) is 93.2 cm³/mol. The van der Waals surface area contributed by atoms with Crippen LogP contribution in [0, 0.1) is 5.41 Å². The second-order valence-electron chi connectivity index (χ2n) is 7.06. The smallest absolute Gasteiger partial charge is 0.258 e. The highest BCUT2D eigenvalue weighted by molar-refractivity contribution is 5.94. The highest BCUT2D eigenvalue weighted by atomic mass is 19.3. The van der Waals surface area contributed by atoms with E-state index in [4.69, 9.17) is 0 Å². The van der Waals surface area contributed by atoms with Crippen molar-refractivity contribution in [2.24, 2.45) is 5.41 Å². The monoisotopic (exact) mass is 358 g/mol. The summed E-state index contributed by atoms with van der Waals surface area (Å²) in [6.07, 6.45) is 4.76. The maximum Gasteiger partial charge on any atom is 0.258 e. The number of anilines is 1. The number of halogens is 2. The summed E-state index contributed by atoms with van der Waals surface area (Å²) in [5.41, 5.74) is -0.798. The van der Waals surface area contributed by atoms with Gasteiger partial charge in [-0.1, -0.05) is 6.07 Å². The minimum Gasteiger partial charge on any atom is -0.356 e. The number of hydrogen-bond acceptors (Lipinski definition) is 4. The van der Waals surface area contributed by atoms with Gasteiger partial charge in [0, 0.05) is 51.2 Å². The van der Waals surface area contributed by atoms with E-state index in [-0.39, 0.29) is 32.0 Å². The second kappa shape index (κ2) is 6.30. The zero-order valence-corrected chi connectivity index (χ0v) is 14.3. The van der Waals surface area contributed by atoms with Crippen LogP contribution in [-0.4, -0.2) is 52.9 Å². The van der Waals surface area contributed by atoms with Crippen LogP contribution in [0.1, 0.15) is 23.2 Å². The summed E-state index contributed by atoms with van der Waals surface area (Å²) in [5, 5.41) is 0. The number of pyridine rings is 2. The summed E-state index contributed by atoms with van der Waals surface area (Å²) in [7, 11) is 0. The zero-order valence-electron chi connectivity index (χ0n) is 14.3. The first-order chi connectivity index (χ1) is 12.5. The Hall–Kier alpha value is -2.57. The van der Waals surface area contributed by atoms with Crippen molar-refractivity contribution in [3.8, 4) is 0 Å². The van der Waals surface area contributed by atoms with Gasteiger partial charge in [0.05, 0.1) is 11.0 Å². The molecule has 2 aromatic heterocycles. The lowest BCUT2D eigenvalue weighted by molar-refractivity contribution is -0.150. The van der Waals surface area contributed by atoms with Crippen molar-refractivity contribution in [3.63, 3.8) is 0 Å². The highest BCUT2D eigenvalue weighted by Crippen LogP contribution is 2.50. The Balaban J connectivity index is 1.57. The van der Waals surface area contributed by atoms with E-state index >= 15 is 0 Å². The number of likely N-dealkylation sites (tertiary alicyclic amines) is 1. The molecule has 26 heavy (non-hydrogen) atoms. The molecule has 5 nitrogen and oxygen atoms in total. The molecule has 0 aromatic carbocycles. The minimum atomic E-state index is -2.80. The lowest BCUT2D eigenvalue weighted by Crippen LogP contribution is -2.58. The molecular weight excluding hydrogens is 338 g/mol. The molecule has 2 aromatic rings. The molecule has 1 unspecified atom stereocenters. The Kier molecular flexibility index (Phi) is 4.09. The first-order valence-corrected chi connectivity index (χ1v) is 8.74. The molecule has 0 radical (unpaired) electrons. The number of aromatic nitrogens is 2. The van der Waals surface area contributed by atoms with Gasteiger partial charge in [-0.25, -0.2) is 13.8 Å². The Morgan fingerprint density at radius 2 is 1.92 bits per heavy atom. The average molecular weight is 358 g/mol. The van der Waals surface area contributed by atoms with Gasteiger partial charge in [-0.3, -0.25) is 9.78 Å². The third kappa shape index (κ3) is 2.81. The maximum absolute atomic E-state index is 14.9. The third-order valence-electron chi connectivity index (χ3n) is 5.49. The third-order valence-corrected chi connectivity index (χ3v) is 5.49. The van der Waals surface area contributed by atoms with E-state index in [0.717, 1.165) is 0 Å². The van der Waals surface area contributed by atoms with Crippen molar-refractivity contribution in [1.82, 2.24) is 14.9 Å². The maximum atomic E-state index is 14.9. The molecule has 4 heterocycles. The van der Waals surface area contributed by atoms with Crippen molar-refractivity contribution in [3.05, 3.63) is 54.5 Å². The quantitative estimate of drug-likeness (QED) is 0.828. The number of amides is 1. The highest BCUT2D eigenvalue weighted by Gasteiger charge is 2.60. The largest absolute Gasteiger partial charge is 0.356 e. The number of piperidine rings is 1. The molecule has 2 aliphatic heterocycles. The van der Waals surface area contributed by atoms with Crippen LogP contribution < -0.4 is 4.90 Å². The van der Waals surface area contributed by atoms with Crippen LogP contribution in [0.5, 0.6) is 0 Å². The van der Waals surface area contributed by atoms with Crippen molar-refractivity contribution in [2.75, 3.05) is 31.1 Å². The van der Waals surface area contributed by atoms with Crippen LogP contribution in [0.3, 0.4) is 0 Å². The van der Waals surface area contributed by atoms with Gasteiger partial charge in [-0.15, -0.1) is 0 Å². The molecule has 2 fully saturated rings. The SMILES string of the molecule is O=C(c1cccnc1)N1CCC(F)(F)C2(CCN(c3ccccn3)C2)C1. The van der Waals surface area contributed by atoms with Gasteiger partial charge in [0.1, 0.15) is 5.82 Å². The van der Waals surface area contributed by atoms with Crippen molar-refractivity contribution in [2.45, 2.75) is 18.8 Å². The number of nitrogens with zero attached hydrogens (tertiary/aromatic N) is 4. The van der Waals surface area contributed by atoms with Crippen molar-refractivity contribution < 1.29 is 13.6 Å². The molecule has 1 atom stereocenters. The number of alkyl halides is 2. The van der Waals surface area contributed by atoms with Crippen LogP contribution in [-0.2, 0) is 0 Å². The average Bonchev–Trinajstić information content (AvgIpc) is 3.11. The van der Waals surface area contributed by atoms with E-state index in [1.54, 1.807) is 35.5 Å². The number of carbonyl (C=O) groups is 1. The van der Waals surface area contributed by atoms with E-state index in [0.29, 0.717) is 24.3 Å². The molecule has 0 N–H and O–H groups in total. The molecule has 1 amide bonds. The number of carbonyl (C=O) groups excluding carboxylic acids is 1. The standard InChI is InChI=1S/C19H20F2N4O/c20-19(21)7-11-25(17(26)15-4-3-8-22-12-15)14-18(19)6-10-24(13-18)16-5-1-2-9-23-16/h1-5,8-9,12H,6-7,10-11,13-14H2. The Morgan fingerprint density at radius 1 is 1.04 bits per heavy atom. The van der Waals surface area contributed by atoms with Crippen molar-refractivity contribution in [1.29, 1.82) is 0 Å². The molecule has 2 saturated heterocycles. The van der Waals surface area contributed by atoms with Crippen molar-refractivity contribution >= 4 is 11.7 Å². The minimum absolute atomic E-state index is 0.0526. The number of rotatable bonds is 2. The van der Waals surface area contributed by atoms with Gasteiger partial charge in [0.25, 0.3) is 11.8 Å². The van der Waals surface area contributed by atoms with Gasteiger partial charge in [0.2, 0.25) is 0 Å². The molecule has 0 saturated carbocycles. The van der Waals surface area contributed by atoms with Gasteiger partial charge in [-0.2, -0.15) is 0 Å². The van der Waals surface area contributed by atoms with Crippen LogP contribution >= 0.6 is 0 Å². The van der Waals surface area contributed by atoms with E-state index in [9.17, 15) is 13.6 Å². The normalized spacial score (nSPS) is 24.8. The first kappa shape index (κ1) is 16.9. The summed E-state index contributed by atoms with van der Waals surface area (Å²) >= 11 is 0. The lowest BCUT2D eigenvalue weighted by Gasteiger charge is -2.45. The summed E-state index contributed by atoms with van der Waals surface area (Å²) in [4.78, 5) is 24.4. The van der Waals surface area contributed by atoms with Crippen LogP contribution in [0.15, 0.2) is 48.9 Å². The number of hydrogen-bond donors (Lipinski definition) is 0. The second-order valence-corrected chi connectivity index (χ2v) is 7.06. The van der Waals surface area contributed by atoms with Crippen LogP contribution in [0.2, 0.25) is 0 Å². The molecule has 136 valence electrons. The van der Waals surface area contributed by atoms with Gasteiger partial charge < -0.3 is 9.80 Å². The van der Waals surface area contributed by atoms with Crippen LogP contribution in [0.25, 0.3) is 0 Å². The van der Waals surface area contributed by atoms with Crippen LogP contribution in [0.4, 0.5) is 14.6 Å². The first-order valence-electron chi connectivity index (χ1n) is 8.74. The summed E-state index contributed by atoms with van der Waals surface area (Å²) in [6, 6.07) is 8.84. The molecular formula is C19H20F2N4O. The predicted octanol–water partition coefficient (Wildman–Crippen LogP) is 2.85. The molecule has 2 aliphatic rings. The fourth-order valence-electron chi connectivity index (χ4n) is 3.98. The Bertz CT molecular complexity index is 787. The lowest BCUT2D eigenvalue weighted by atomic mass is 9.75. The Morgan fingerprint density at radius 3 is 2.65 bits per heavy atom. The zero-order chi connectivity index (χ0) is 18.2. The molecule has 1 spiro atoms.